The standard InChI is InChI=1S/C25H30N6O4S/c1-2-23-27-24(28-35-23)20-8-11-22(26-18-20)29-14-16-30(17-15-29)25(32)19-6-9-21(10-7-19)36(33,34)31-12-4-3-5-13-31/h6-11,18H,2-5,12-17H2,1H3. The van der Waals surface area contributed by atoms with E-state index in [1.807, 2.05) is 19.1 Å². The zero-order valence-electron chi connectivity index (χ0n) is 20.3. The molecule has 1 aromatic carbocycles. The Morgan fingerprint density at radius 1 is 0.944 bits per heavy atom. The monoisotopic (exact) mass is 510 g/mol. The predicted molar refractivity (Wildman–Crippen MR) is 134 cm³/mol. The van der Waals surface area contributed by atoms with Crippen molar-refractivity contribution in [2.75, 3.05) is 44.2 Å². The number of piperazine rings is 1. The zero-order chi connectivity index (χ0) is 25.1. The summed E-state index contributed by atoms with van der Waals surface area (Å²) in [4.78, 5) is 26.1. The summed E-state index contributed by atoms with van der Waals surface area (Å²) in [6.45, 7) is 5.49. The fourth-order valence-electron chi connectivity index (χ4n) is 4.57. The average molecular weight is 511 g/mol. The van der Waals surface area contributed by atoms with Gasteiger partial charge in [-0.2, -0.15) is 9.29 Å². The highest BCUT2D eigenvalue weighted by Crippen LogP contribution is 2.23. The lowest BCUT2D eigenvalue weighted by Crippen LogP contribution is -2.49. The SMILES string of the molecule is CCc1nc(-c2ccc(N3CCN(C(=O)c4ccc(S(=O)(=O)N5CCCCC5)cc4)CC3)nc2)no1. The number of hydrogen-bond donors (Lipinski definition) is 0. The van der Waals surface area contributed by atoms with Crippen LogP contribution < -0.4 is 4.90 Å². The number of pyridine rings is 1. The topological polar surface area (TPSA) is 113 Å². The first-order valence-corrected chi connectivity index (χ1v) is 13.8. The summed E-state index contributed by atoms with van der Waals surface area (Å²) in [5.74, 6) is 1.85. The molecule has 190 valence electrons. The van der Waals surface area contributed by atoms with Gasteiger partial charge in [0.1, 0.15) is 5.82 Å². The fourth-order valence-corrected chi connectivity index (χ4v) is 6.08. The number of hydrogen-bond acceptors (Lipinski definition) is 8. The summed E-state index contributed by atoms with van der Waals surface area (Å²) >= 11 is 0. The number of anilines is 1. The van der Waals surface area contributed by atoms with E-state index in [4.69, 9.17) is 4.52 Å². The molecule has 0 unspecified atom stereocenters. The first kappa shape index (κ1) is 24.4. The minimum atomic E-state index is -3.51. The molecule has 1 amide bonds. The van der Waals surface area contributed by atoms with Gasteiger partial charge in [0.15, 0.2) is 0 Å². The van der Waals surface area contributed by atoms with Crippen LogP contribution in [-0.2, 0) is 16.4 Å². The molecular formula is C25H30N6O4S. The lowest BCUT2D eigenvalue weighted by Gasteiger charge is -2.35. The van der Waals surface area contributed by atoms with Crippen molar-refractivity contribution in [1.29, 1.82) is 0 Å². The van der Waals surface area contributed by atoms with Crippen LogP contribution >= 0.6 is 0 Å². The van der Waals surface area contributed by atoms with Crippen LogP contribution in [0, 0.1) is 0 Å². The molecule has 5 rings (SSSR count). The molecular weight excluding hydrogens is 480 g/mol. The van der Waals surface area contributed by atoms with Gasteiger partial charge in [-0.25, -0.2) is 13.4 Å². The van der Waals surface area contributed by atoms with Crippen molar-refractivity contribution in [3.05, 3.63) is 54.0 Å². The maximum Gasteiger partial charge on any atom is 0.253 e. The van der Waals surface area contributed by atoms with Gasteiger partial charge in [-0.05, 0) is 49.2 Å². The van der Waals surface area contributed by atoms with Gasteiger partial charge in [-0.15, -0.1) is 0 Å². The molecule has 0 aliphatic carbocycles. The number of aryl methyl sites for hydroxylation is 1. The number of piperidine rings is 1. The van der Waals surface area contributed by atoms with Crippen LogP contribution in [0.15, 0.2) is 52.0 Å². The van der Waals surface area contributed by atoms with Crippen molar-refractivity contribution in [3.63, 3.8) is 0 Å². The predicted octanol–water partition coefficient (Wildman–Crippen LogP) is 2.83. The Balaban J connectivity index is 1.18. The van der Waals surface area contributed by atoms with E-state index in [9.17, 15) is 13.2 Å². The number of sulfonamides is 1. The summed E-state index contributed by atoms with van der Waals surface area (Å²) in [5, 5.41) is 3.98. The smallest absolute Gasteiger partial charge is 0.253 e. The Kier molecular flexibility index (Phi) is 7.01. The third kappa shape index (κ3) is 4.98. The quantitative estimate of drug-likeness (QED) is 0.498. The highest BCUT2D eigenvalue weighted by atomic mass is 32.2. The molecule has 0 atom stereocenters. The Hall–Kier alpha value is -3.31. The molecule has 0 radical (unpaired) electrons. The summed E-state index contributed by atoms with van der Waals surface area (Å²) < 4.78 is 32.4. The second kappa shape index (κ2) is 10.4. The normalized spacial score (nSPS) is 17.4. The van der Waals surface area contributed by atoms with E-state index in [1.165, 1.54) is 4.31 Å². The van der Waals surface area contributed by atoms with Gasteiger partial charge in [0.05, 0.1) is 4.90 Å². The highest BCUT2D eigenvalue weighted by molar-refractivity contribution is 7.89. The average Bonchev–Trinajstić information content (AvgIpc) is 3.43. The molecule has 3 aromatic rings. The van der Waals surface area contributed by atoms with Crippen molar-refractivity contribution >= 4 is 21.7 Å². The second-order valence-corrected chi connectivity index (χ2v) is 11.0. The molecule has 0 bridgehead atoms. The summed E-state index contributed by atoms with van der Waals surface area (Å²) in [5.41, 5.74) is 1.29. The Bertz CT molecular complexity index is 1290. The molecule has 2 fully saturated rings. The van der Waals surface area contributed by atoms with Gasteiger partial charge in [0.25, 0.3) is 5.91 Å². The first-order valence-electron chi connectivity index (χ1n) is 12.4. The molecule has 2 aliphatic rings. The largest absolute Gasteiger partial charge is 0.353 e. The molecule has 2 saturated heterocycles. The van der Waals surface area contributed by atoms with E-state index in [1.54, 1.807) is 35.4 Å². The third-order valence-electron chi connectivity index (χ3n) is 6.72. The molecule has 0 saturated carbocycles. The number of carbonyl (C=O) groups is 1. The Morgan fingerprint density at radius 3 is 2.28 bits per heavy atom. The van der Waals surface area contributed by atoms with Crippen molar-refractivity contribution in [1.82, 2.24) is 24.3 Å². The van der Waals surface area contributed by atoms with Crippen molar-refractivity contribution < 1.29 is 17.7 Å². The number of carbonyl (C=O) groups excluding carboxylic acids is 1. The van der Waals surface area contributed by atoms with E-state index in [0.717, 1.165) is 30.6 Å². The van der Waals surface area contributed by atoms with Crippen LogP contribution in [0.3, 0.4) is 0 Å². The maximum absolute atomic E-state index is 13.0. The molecule has 2 aromatic heterocycles. The molecule has 0 spiro atoms. The third-order valence-corrected chi connectivity index (χ3v) is 8.63. The first-order chi connectivity index (χ1) is 17.5. The number of aromatic nitrogens is 3. The van der Waals surface area contributed by atoms with Gasteiger partial charge >= 0.3 is 0 Å². The van der Waals surface area contributed by atoms with Crippen LogP contribution in [-0.4, -0.2) is 77.9 Å². The van der Waals surface area contributed by atoms with Crippen LogP contribution in [0.5, 0.6) is 0 Å². The minimum absolute atomic E-state index is 0.0938. The van der Waals surface area contributed by atoms with Crippen LogP contribution in [0.1, 0.15) is 42.4 Å². The lowest BCUT2D eigenvalue weighted by molar-refractivity contribution is 0.0746. The van der Waals surface area contributed by atoms with Gasteiger partial charge in [0, 0.05) is 63.0 Å². The van der Waals surface area contributed by atoms with E-state index in [0.29, 0.717) is 63.0 Å². The molecule has 10 nitrogen and oxygen atoms in total. The molecule has 4 heterocycles. The molecule has 11 heteroatoms. The Labute approximate surface area is 211 Å². The zero-order valence-corrected chi connectivity index (χ0v) is 21.2. The van der Waals surface area contributed by atoms with Gasteiger partial charge in [-0.1, -0.05) is 18.5 Å². The summed E-state index contributed by atoms with van der Waals surface area (Å²) in [6.07, 6.45) is 5.26. The number of amides is 1. The minimum Gasteiger partial charge on any atom is -0.353 e. The van der Waals surface area contributed by atoms with Gasteiger partial charge < -0.3 is 14.3 Å². The van der Waals surface area contributed by atoms with E-state index < -0.39 is 10.0 Å². The molecule has 0 N–H and O–H groups in total. The number of benzene rings is 1. The lowest BCUT2D eigenvalue weighted by atomic mass is 10.2. The number of rotatable bonds is 6. The van der Waals surface area contributed by atoms with Crippen molar-refractivity contribution in [2.24, 2.45) is 0 Å². The van der Waals surface area contributed by atoms with Crippen molar-refractivity contribution in [3.8, 4) is 11.4 Å². The van der Waals surface area contributed by atoms with Crippen molar-refractivity contribution in [2.45, 2.75) is 37.5 Å². The fraction of sp³-hybridized carbons (Fsp3) is 0.440. The summed E-state index contributed by atoms with van der Waals surface area (Å²) in [6, 6.07) is 10.2. The van der Waals surface area contributed by atoms with Gasteiger partial charge in [0.2, 0.25) is 21.7 Å². The van der Waals surface area contributed by atoms with Crippen LogP contribution in [0.4, 0.5) is 5.82 Å². The molecule has 2 aliphatic heterocycles. The maximum atomic E-state index is 13.0. The van der Waals surface area contributed by atoms with Gasteiger partial charge in [-0.3, -0.25) is 4.79 Å². The highest BCUT2D eigenvalue weighted by Gasteiger charge is 2.27. The van der Waals surface area contributed by atoms with Crippen LogP contribution in [0.2, 0.25) is 0 Å². The molecule has 36 heavy (non-hydrogen) atoms. The summed E-state index contributed by atoms with van der Waals surface area (Å²) in [7, 11) is -3.51. The van der Waals surface area contributed by atoms with E-state index in [-0.39, 0.29) is 10.8 Å². The number of nitrogens with zero attached hydrogens (tertiary/aromatic N) is 6. The second-order valence-electron chi connectivity index (χ2n) is 9.04. The van der Waals surface area contributed by atoms with E-state index in [2.05, 4.69) is 20.0 Å². The van der Waals surface area contributed by atoms with E-state index >= 15 is 0 Å². The van der Waals surface area contributed by atoms with Crippen LogP contribution in [0.25, 0.3) is 11.4 Å². The Morgan fingerprint density at radius 2 is 1.67 bits per heavy atom.